The highest BCUT2D eigenvalue weighted by Gasteiger charge is 2.33. The molecule has 9 heteroatoms. The summed E-state index contributed by atoms with van der Waals surface area (Å²) in [7, 11) is -2.13. The quantitative estimate of drug-likeness (QED) is 0.593. The van der Waals surface area contributed by atoms with Crippen LogP contribution in [0.1, 0.15) is 25.3 Å². The maximum atomic E-state index is 13.1. The van der Waals surface area contributed by atoms with Crippen LogP contribution in [0.4, 0.5) is 0 Å². The Kier molecular flexibility index (Phi) is 8.39. The van der Waals surface area contributed by atoms with Gasteiger partial charge in [0, 0.05) is 19.6 Å². The Morgan fingerprint density at radius 2 is 1.97 bits per heavy atom. The molecule has 0 spiro atoms. The number of carbonyl (C=O) groups is 1. The number of nitrogens with one attached hydrogen (secondary N) is 1. The van der Waals surface area contributed by atoms with Crippen molar-refractivity contribution in [1.82, 2.24) is 9.62 Å². The summed E-state index contributed by atoms with van der Waals surface area (Å²) in [6, 6.07) is 12.1. The van der Waals surface area contributed by atoms with Crippen molar-refractivity contribution in [3.05, 3.63) is 53.1 Å². The molecule has 0 saturated carbocycles. The standard InChI is InChI=1S/C23H29ClN2O5S/c1-3-31-22-11-10-20(15-21(22)24)32(28,29)26-14-4-5-18(16-26)23(27)25-13-12-17-6-8-19(30-2)9-7-17/h6-11,15,18H,3-5,12-14,16H2,1-2H3,(H,25,27)/t18-/m0/s1. The van der Waals surface area contributed by atoms with Crippen LogP contribution in [0.25, 0.3) is 0 Å². The Morgan fingerprint density at radius 1 is 1.22 bits per heavy atom. The van der Waals surface area contributed by atoms with E-state index in [9.17, 15) is 13.2 Å². The molecule has 0 bridgehead atoms. The third-order valence-electron chi connectivity index (χ3n) is 5.47. The van der Waals surface area contributed by atoms with Crippen LogP contribution in [-0.2, 0) is 21.2 Å². The topological polar surface area (TPSA) is 84.9 Å². The van der Waals surface area contributed by atoms with Gasteiger partial charge in [-0.3, -0.25) is 4.79 Å². The third kappa shape index (κ3) is 5.94. The molecule has 1 amide bonds. The van der Waals surface area contributed by atoms with Gasteiger partial charge in [-0.15, -0.1) is 0 Å². The minimum absolute atomic E-state index is 0.103. The summed E-state index contributed by atoms with van der Waals surface area (Å²) in [5, 5.41) is 3.19. The number of methoxy groups -OCH3 is 1. The molecule has 0 aliphatic carbocycles. The van der Waals surface area contributed by atoms with E-state index < -0.39 is 10.0 Å². The molecule has 1 aliphatic heterocycles. The van der Waals surface area contributed by atoms with Crippen LogP contribution < -0.4 is 14.8 Å². The van der Waals surface area contributed by atoms with Crippen molar-refractivity contribution in [3.63, 3.8) is 0 Å². The normalized spacial score (nSPS) is 17.0. The molecule has 1 fully saturated rings. The molecule has 0 radical (unpaired) electrons. The number of piperidine rings is 1. The number of hydrogen-bond acceptors (Lipinski definition) is 5. The van der Waals surface area contributed by atoms with Crippen LogP contribution in [0.5, 0.6) is 11.5 Å². The molecule has 1 N–H and O–H groups in total. The Morgan fingerprint density at radius 3 is 2.62 bits per heavy atom. The van der Waals surface area contributed by atoms with E-state index in [0.717, 1.165) is 11.3 Å². The molecule has 7 nitrogen and oxygen atoms in total. The van der Waals surface area contributed by atoms with Crippen molar-refractivity contribution in [3.8, 4) is 11.5 Å². The van der Waals surface area contributed by atoms with Gasteiger partial charge >= 0.3 is 0 Å². The summed E-state index contributed by atoms with van der Waals surface area (Å²) >= 11 is 6.18. The average Bonchev–Trinajstić information content (AvgIpc) is 2.81. The van der Waals surface area contributed by atoms with E-state index in [0.29, 0.717) is 44.7 Å². The van der Waals surface area contributed by atoms with Crippen molar-refractivity contribution in [2.75, 3.05) is 33.4 Å². The number of hydrogen-bond donors (Lipinski definition) is 1. The predicted molar refractivity (Wildman–Crippen MR) is 124 cm³/mol. The average molecular weight is 481 g/mol. The number of carbonyl (C=O) groups excluding carboxylic acids is 1. The van der Waals surface area contributed by atoms with Crippen LogP contribution in [0.2, 0.25) is 5.02 Å². The number of ether oxygens (including phenoxy) is 2. The van der Waals surface area contributed by atoms with E-state index in [1.54, 1.807) is 13.2 Å². The van der Waals surface area contributed by atoms with Gasteiger partial charge in [0.15, 0.2) is 0 Å². The van der Waals surface area contributed by atoms with Crippen molar-refractivity contribution in [2.24, 2.45) is 5.92 Å². The molecule has 2 aromatic rings. The second-order valence-electron chi connectivity index (χ2n) is 7.62. The summed E-state index contributed by atoms with van der Waals surface area (Å²) < 4.78 is 38.1. The molecule has 0 aromatic heterocycles. The molecule has 0 unspecified atom stereocenters. The Bertz CT molecular complexity index is 1030. The lowest BCUT2D eigenvalue weighted by molar-refractivity contribution is -0.126. The number of nitrogens with zero attached hydrogens (tertiary/aromatic N) is 1. The first-order valence-corrected chi connectivity index (χ1v) is 12.5. The Balaban J connectivity index is 1.58. The van der Waals surface area contributed by atoms with E-state index in [1.165, 1.54) is 16.4 Å². The van der Waals surface area contributed by atoms with Crippen molar-refractivity contribution < 1.29 is 22.7 Å². The molecule has 174 valence electrons. The highest BCUT2D eigenvalue weighted by Crippen LogP contribution is 2.30. The van der Waals surface area contributed by atoms with Crippen molar-refractivity contribution >= 4 is 27.5 Å². The molecule has 1 heterocycles. The minimum Gasteiger partial charge on any atom is -0.497 e. The Labute approximate surface area is 194 Å². The van der Waals surface area contributed by atoms with Crippen LogP contribution in [0.3, 0.4) is 0 Å². The summed E-state index contributed by atoms with van der Waals surface area (Å²) in [6.45, 7) is 3.29. The van der Waals surface area contributed by atoms with Gasteiger partial charge in [0.2, 0.25) is 15.9 Å². The first kappa shape index (κ1) is 24.4. The maximum absolute atomic E-state index is 13.1. The second-order valence-corrected chi connectivity index (χ2v) is 9.96. The zero-order chi connectivity index (χ0) is 23.1. The summed E-state index contributed by atoms with van der Waals surface area (Å²) in [6.07, 6.45) is 1.97. The van der Waals surface area contributed by atoms with Crippen molar-refractivity contribution in [2.45, 2.75) is 31.1 Å². The van der Waals surface area contributed by atoms with E-state index in [-0.39, 0.29) is 28.3 Å². The fourth-order valence-corrected chi connectivity index (χ4v) is 5.56. The van der Waals surface area contributed by atoms with E-state index in [4.69, 9.17) is 21.1 Å². The van der Waals surface area contributed by atoms with Gasteiger partial charge in [-0.1, -0.05) is 23.7 Å². The first-order valence-electron chi connectivity index (χ1n) is 10.7. The fraction of sp³-hybridized carbons (Fsp3) is 0.435. The van der Waals surface area contributed by atoms with E-state index in [2.05, 4.69) is 5.32 Å². The van der Waals surface area contributed by atoms with Gasteiger partial charge in [0.05, 0.1) is 29.6 Å². The molecule has 1 saturated heterocycles. The summed E-state index contributed by atoms with van der Waals surface area (Å²) in [4.78, 5) is 12.8. The second kappa shape index (κ2) is 11.0. The number of rotatable bonds is 9. The van der Waals surface area contributed by atoms with Gasteiger partial charge in [0.1, 0.15) is 11.5 Å². The lowest BCUT2D eigenvalue weighted by atomic mass is 9.99. The van der Waals surface area contributed by atoms with Gasteiger partial charge < -0.3 is 14.8 Å². The van der Waals surface area contributed by atoms with Crippen LogP contribution in [-0.4, -0.2) is 52.0 Å². The molecule has 1 aliphatic rings. The number of halogens is 1. The zero-order valence-electron chi connectivity index (χ0n) is 18.3. The lowest BCUT2D eigenvalue weighted by Gasteiger charge is -2.31. The molecular formula is C23H29ClN2O5S. The highest BCUT2D eigenvalue weighted by molar-refractivity contribution is 7.89. The number of benzene rings is 2. The molecular weight excluding hydrogens is 452 g/mol. The summed E-state index contributed by atoms with van der Waals surface area (Å²) in [5.74, 6) is 0.728. The fourth-order valence-electron chi connectivity index (χ4n) is 3.70. The molecule has 3 rings (SSSR count). The van der Waals surface area contributed by atoms with E-state index >= 15 is 0 Å². The predicted octanol–water partition coefficient (Wildman–Crippen LogP) is 3.51. The van der Waals surface area contributed by atoms with Gasteiger partial charge in [0.25, 0.3) is 0 Å². The van der Waals surface area contributed by atoms with Crippen LogP contribution >= 0.6 is 11.6 Å². The Hall–Kier alpha value is -2.29. The summed E-state index contributed by atoms with van der Waals surface area (Å²) in [5.41, 5.74) is 1.09. The van der Waals surface area contributed by atoms with Gasteiger partial charge in [-0.2, -0.15) is 4.31 Å². The number of sulfonamides is 1. The number of amides is 1. The highest BCUT2D eigenvalue weighted by atomic mass is 35.5. The lowest BCUT2D eigenvalue weighted by Crippen LogP contribution is -2.45. The zero-order valence-corrected chi connectivity index (χ0v) is 19.9. The van der Waals surface area contributed by atoms with Gasteiger partial charge in [-0.05, 0) is 62.1 Å². The minimum atomic E-state index is -3.75. The maximum Gasteiger partial charge on any atom is 0.243 e. The van der Waals surface area contributed by atoms with Crippen LogP contribution in [0.15, 0.2) is 47.4 Å². The smallest absolute Gasteiger partial charge is 0.243 e. The largest absolute Gasteiger partial charge is 0.497 e. The first-order chi connectivity index (χ1) is 15.3. The van der Waals surface area contributed by atoms with E-state index in [1.807, 2.05) is 31.2 Å². The van der Waals surface area contributed by atoms with Gasteiger partial charge in [-0.25, -0.2) is 8.42 Å². The third-order valence-corrected chi connectivity index (χ3v) is 7.62. The molecule has 32 heavy (non-hydrogen) atoms. The molecule has 1 atom stereocenters. The monoisotopic (exact) mass is 480 g/mol. The van der Waals surface area contributed by atoms with Crippen molar-refractivity contribution in [1.29, 1.82) is 0 Å². The SMILES string of the molecule is CCOc1ccc(S(=O)(=O)N2CCC[C@H](C(=O)NCCc3ccc(OC)cc3)C2)cc1Cl. The van der Waals surface area contributed by atoms with Crippen LogP contribution in [0, 0.1) is 5.92 Å². The molecule has 2 aromatic carbocycles.